The molecule has 0 aliphatic heterocycles. The standard InChI is InChI=1S/C21H26N4O.HI/c1-17(15-26-16-18-7-4-3-5-8-18)13-24-21(23-2)25-14-20-10-6-9-19(11-20)12-22;/h3-11,17H,13-16H2,1-2H3,(H2,23,24,25);1H. The number of nitrogens with zero attached hydrogens (tertiary/aromatic N) is 2. The van der Waals surface area contributed by atoms with Crippen LogP contribution in [0.25, 0.3) is 0 Å². The van der Waals surface area contributed by atoms with Gasteiger partial charge in [0.15, 0.2) is 5.96 Å². The first-order valence-corrected chi connectivity index (χ1v) is 8.76. The molecule has 0 saturated heterocycles. The highest BCUT2D eigenvalue weighted by atomic mass is 127. The topological polar surface area (TPSA) is 69.4 Å². The summed E-state index contributed by atoms with van der Waals surface area (Å²) in [6.45, 7) is 4.85. The molecular weight excluding hydrogens is 451 g/mol. The van der Waals surface area contributed by atoms with Crippen LogP contribution >= 0.6 is 24.0 Å². The lowest BCUT2D eigenvalue weighted by Crippen LogP contribution is -2.39. The third-order valence-electron chi connectivity index (χ3n) is 3.87. The molecule has 144 valence electrons. The Balaban J connectivity index is 0.00000364. The van der Waals surface area contributed by atoms with Gasteiger partial charge in [-0.15, -0.1) is 24.0 Å². The summed E-state index contributed by atoms with van der Waals surface area (Å²) in [4.78, 5) is 4.23. The smallest absolute Gasteiger partial charge is 0.191 e. The van der Waals surface area contributed by atoms with Crippen molar-refractivity contribution in [2.24, 2.45) is 10.9 Å². The minimum Gasteiger partial charge on any atom is -0.376 e. The van der Waals surface area contributed by atoms with Crippen LogP contribution in [0, 0.1) is 17.2 Å². The Kier molecular flexibility index (Phi) is 11.1. The maximum atomic E-state index is 8.96. The summed E-state index contributed by atoms with van der Waals surface area (Å²) in [5.74, 6) is 1.10. The number of rotatable bonds is 8. The van der Waals surface area contributed by atoms with Crippen molar-refractivity contribution in [1.29, 1.82) is 5.26 Å². The molecule has 0 saturated carbocycles. The van der Waals surface area contributed by atoms with Crippen molar-refractivity contribution in [3.05, 3.63) is 71.3 Å². The lowest BCUT2D eigenvalue weighted by molar-refractivity contribution is 0.0931. The summed E-state index contributed by atoms with van der Waals surface area (Å²) in [6.07, 6.45) is 0. The van der Waals surface area contributed by atoms with E-state index in [1.807, 2.05) is 36.4 Å². The number of hydrogen-bond donors (Lipinski definition) is 2. The second kappa shape index (κ2) is 13.1. The van der Waals surface area contributed by atoms with E-state index < -0.39 is 0 Å². The molecule has 5 nitrogen and oxygen atoms in total. The number of halogens is 1. The molecule has 1 atom stereocenters. The highest BCUT2D eigenvalue weighted by molar-refractivity contribution is 14.0. The summed E-state index contributed by atoms with van der Waals surface area (Å²) < 4.78 is 5.77. The lowest BCUT2D eigenvalue weighted by Gasteiger charge is -2.16. The largest absolute Gasteiger partial charge is 0.376 e. The van der Waals surface area contributed by atoms with Crippen LogP contribution in [-0.4, -0.2) is 26.2 Å². The number of nitrogens with one attached hydrogen (secondary N) is 2. The van der Waals surface area contributed by atoms with Crippen molar-refractivity contribution >= 4 is 29.9 Å². The van der Waals surface area contributed by atoms with Gasteiger partial charge >= 0.3 is 0 Å². The third-order valence-corrected chi connectivity index (χ3v) is 3.87. The predicted molar refractivity (Wildman–Crippen MR) is 120 cm³/mol. The van der Waals surface area contributed by atoms with Crippen LogP contribution in [0.15, 0.2) is 59.6 Å². The Morgan fingerprint density at radius 2 is 1.85 bits per heavy atom. The molecule has 0 bridgehead atoms. The van der Waals surface area contributed by atoms with Crippen molar-refractivity contribution in [2.75, 3.05) is 20.2 Å². The van der Waals surface area contributed by atoms with Crippen LogP contribution in [-0.2, 0) is 17.9 Å². The molecule has 0 heterocycles. The first-order valence-electron chi connectivity index (χ1n) is 8.76. The Morgan fingerprint density at radius 1 is 1.11 bits per heavy atom. The molecule has 2 N–H and O–H groups in total. The number of aliphatic imine (C=N–C) groups is 1. The van der Waals surface area contributed by atoms with E-state index in [4.69, 9.17) is 10.00 Å². The summed E-state index contributed by atoms with van der Waals surface area (Å²) in [5, 5.41) is 15.5. The summed E-state index contributed by atoms with van der Waals surface area (Å²) in [7, 11) is 1.75. The predicted octanol–water partition coefficient (Wildman–Crippen LogP) is 3.69. The van der Waals surface area contributed by atoms with E-state index in [2.05, 4.69) is 40.8 Å². The fraction of sp³-hybridized carbons (Fsp3) is 0.333. The van der Waals surface area contributed by atoms with Crippen LogP contribution in [0.1, 0.15) is 23.6 Å². The van der Waals surface area contributed by atoms with Crippen molar-refractivity contribution in [3.63, 3.8) is 0 Å². The van der Waals surface area contributed by atoms with Crippen molar-refractivity contribution in [1.82, 2.24) is 10.6 Å². The van der Waals surface area contributed by atoms with Crippen molar-refractivity contribution < 1.29 is 4.74 Å². The van der Waals surface area contributed by atoms with E-state index in [-0.39, 0.29) is 24.0 Å². The summed E-state index contributed by atoms with van der Waals surface area (Å²) >= 11 is 0. The highest BCUT2D eigenvalue weighted by Gasteiger charge is 2.05. The van der Waals surface area contributed by atoms with Gasteiger partial charge < -0.3 is 15.4 Å². The van der Waals surface area contributed by atoms with Gasteiger partial charge in [-0.25, -0.2) is 0 Å². The first-order chi connectivity index (χ1) is 12.7. The molecule has 1 unspecified atom stereocenters. The molecular formula is C21H27IN4O. The van der Waals surface area contributed by atoms with Crippen LogP contribution in [0.5, 0.6) is 0 Å². The van der Waals surface area contributed by atoms with E-state index in [1.165, 1.54) is 5.56 Å². The molecule has 2 rings (SSSR count). The Morgan fingerprint density at radius 3 is 2.56 bits per heavy atom. The molecule has 0 radical (unpaired) electrons. The van der Waals surface area contributed by atoms with E-state index in [9.17, 15) is 0 Å². The van der Waals surface area contributed by atoms with Gasteiger partial charge in [0.2, 0.25) is 0 Å². The average Bonchev–Trinajstić information content (AvgIpc) is 2.69. The Bertz CT molecular complexity index is 743. The van der Waals surface area contributed by atoms with Gasteiger partial charge in [0.1, 0.15) is 0 Å². The zero-order chi connectivity index (χ0) is 18.6. The molecule has 0 fully saturated rings. The van der Waals surface area contributed by atoms with Gasteiger partial charge in [0, 0.05) is 20.1 Å². The Hall–Kier alpha value is -2.11. The lowest BCUT2D eigenvalue weighted by atomic mass is 10.1. The number of guanidine groups is 1. The third kappa shape index (κ3) is 8.89. The summed E-state index contributed by atoms with van der Waals surface area (Å²) in [5.41, 5.74) is 2.90. The quantitative estimate of drug-likeness (QED) is 0.345. The van der Waals surface area contributed by atoms with Crippen molar-refractivity contribution in [2.45, 2.75) is 20.1 Å². The molecule has 27 heavy (non-hydrogen) atoms. The van der Waals surface area contributed by atoms with Crippen LogP contribution in [0.2, 0.25) is 0 Å². The normalized spacial score (nSPS) is 11.8. The van der Waals surface area contributed by atoms with E-state index in [0.29, 0.717) is 31.2 Å². The van der Waals surface area contributed by atoms with Gasteiger partial charge in [-0.3, -0.25) is 4.99 Å². The molecule has 0 aliphatic rings. The van der Waals surface area contributed by atoms with Gasteiger partial charge in [-0.1, -0.05) is 49.4 Å². The minimum atomic E-state index is 0. The zero-order valence-corrected chi connectivity index (χ0v) is 18.1. The fourth-order valence-corrected chi connectivity index (χ4v) is 2.44. The minimum absolute atomic E-state index is 0. The fourth-order valence-electron chi connectivity index (χ4n) is 2.44. The number of benzene rings is 2. The molecule has 2 aromatic rings. The number of ether oxygens (including phenoxy) is 1. The van der Waals surface area contributed by atoms with Gasteiger partial charge in [-0.05, 0) is 29.2 Å². The molecule has 6 heteroatoms. The van der Waals surface area contributed by atoms with Gasteiger partial charge in [0.05, 0.1) is 24.8 Å². The second-order valence-corrected chi connectivity index (χ2v) is 6.22. The maximum absolute atomic E-state index is 8.96. The zero-order valence-electron chi connectivity index (χ0n) is 15.8. The van der Waals surface area contributed by atoms with E-state index in [0.717, 1.165) is 18.1 Å². The molecule has 0 aromatic heterocycles. The monoisotopic (exact) mass is 478 g/mol. The Labute approximate surface area is 178 Å². The van der Waals surface area contributed by atoms with Gasteiger partial charge in [-0.2, -0.15) is 5.26 Å². The van der Waals surface area contributed by atoms with Crippen molar-refractivity contribution in [3.8, 4) is 6.07 Å². The van der Waals surface area contributed by atoms with E-state index in [1.54, 1.807) is 13.1 Å². The second-order valence-electron chi connectivity index (χ2n) is 6.22. The van der Waals surface area contributed by atoms with E-state index >= 15 is 0 Å². The maximum Gasteiger partial charge on any atom is 0.191 e. The molecule has 0 amide bonds. The molecule has 2 aromatic carbocycles. The number of hydrogen-bond acceptors (Lipinski definition) is 3. The van der Waals surface area contributed by atoms with Crippen LogP contribution in [0.4, 0.5) is 0 Å². The summed E-state index contributed by atoms with van der Waals surface area (Å²) in [6, 6.07) is 19.9. The van der Waals surface area contributed by atoms with Crippen LogP contribution in [0.3, 0.4) is 0 Å². The highest BCUT2D eigenvalue weighted by Crippen LogP contribution is 2.04. The first kappa shape index (κ1) is 22.9. The number of nitriles is 1. The molecule has 0 spiro atoms. The molecule has 0 aliphatic carbocycles. The average molecular weight is 478 g/mol. The SMILES string of the molecule is CN=C(NCc1cccc(C#N)c1)NCC(C)COCc1ccccc1.I. The van der Waals surface area contributed by atoms with Gasteiger partial charge in [0.25, 0.3) is 0 Å². The van der Waals surface area contributed by atoms with Crippen LogP contribution < -0.4 is 10.6 Å².